The summed E-state index contributed by atoms with van der Waals surface area (Å²) < 4.78 is 1.72. The molecular weight excluding hydrogens is 292 g/mol. The molecule has 1 heterocycles. The van der Waals surface area contributed by atoms with Crippen molar-refractivity contribution in [3.8, 4) is 0 Å². The molecule has 118 valence electrons. The van der Waals surface area contributed by atoms with Crippen LogP contribution < -0.4 is 5.32 Å². The van der Waals surface area contributed by atoms with Gasteiger partial charge in [0.15, 0.2) is 0 Å². The van der Waals surface area contributed by atoms with Crippen molar-refractivity contribution in [2.45, 2.75) is 43.1 Å². The highest BCUT2D eigenvalue weighted by Gasteiger charge is 2.32. The molecule has 8 heteroatoms. The minimum atomic E-state index is -0.607. The van der Waals surface area contributed by atoms with Crippen LogP contribution >= 0.6 is 11.8 Å². The van der Waals surface area contributed by atoms with Gasteiger partial charge in [-0.25, -0.2) is 0 Å². The zero-order valence-electron chi connectivity index (χ0n) is 12.2. The molecule has 2 rings (SSSR count). The van der Waals surface area contributed by atoms with Gasteiger partial charge in [-0.15, -0.1) is 0 Å². The lowest BCUT2D eigenvalue weighted by Crippen LogP contribution is -2.39. The smallest absolute Gasteiger partial charge is 0.306 e. The van der Waals surface area contributed by atoms with Crippen LogP contribution in [-0.4, -0.2) is 50.0 Å². The van der Waals surface area contributed by atoms with E-state index in [0.29, 0.717) is 11.3 Å². The third-order valence-electron chi connectivity index (χ3n) is 4.00. The standard InChI is InChI=1S/C13H22N4O3S/c1-21-13(4-2-3-5-13)10-14-7-12(18)9-16-8-11(6-15-16)17(19)20/h6,8,12,14,18H,2-5,7,9-10H2,1H3. The summed E-state index contributed by atoms with van der Waals surface area (Å²) in [6.45, 7) is 1.62. The van der Waals surface area contributed by atoms with Gasteiger partial charge in [0.25, 0.3) is 0 Å². The Hall–Kier alpha value is -1.12. The van der Waals surface area contributed by atoms with Gasteiger partial charge in [0.05, 0.1) is 17.6 Å². The molecule has 1 aromatic heterocycles. The number of hydrogen-bond donors (Lipinski definition) is 2. The largest absolute Gasteiger partial charge is 0.390 e. The number of nitro groups is 1. The lowest BCUT2D eigenvalue weighted by molar-refractivity contribution is -0.385. The maximum Gasteiger partial charge on any atom is 0.306 e. The van der Waals surface area contributed by atoms with Gasteiger partial charge in [-0.1, -0.05) is 12.8 Å². The monoisotopic (exact) mass is 314 g/mol. The van der Waals surface area contributed by atoms with Crippen LogP contribution in [0, 0.1) is 10.1 Å². The van der Waals surface area contributed by atoms with Crippen molar-refractivity contribution in [3.63, 3.8) is 0 Å². The lowest BCUT2D eigenvalue weighted by Gasteiger charge is -2.27. The van der Waals surface area contributed by atoms with Crippen LogP contribution in [0.1, 0.15) is 25.7 Å². The molecule has 0 aliphatic heterocycles. The molecule has 1 unspecified atom stereocenters. The van der Waals surface area contributed by atoms with E-state index in [1.165, 1.54) is 42.8 Å². The number of aliphatic hydroxyl groups excluding tert-OH is 1. The van der Waals surface area contributed by atoms with Crippen LogP contribution in [-0.2, 0) is 6.54 Å². The predicted molar refractivity (Wildman–Crippen MR) is 82.5 cm³/mol. The number of nitrogens with zero attached hydrogens (tertiary/aromatic N) is 3. The summed E-state index contributed by atoms with van der Waals surface area (Å²) in [5.74, 6) is 0. The van der Waals surface area contributed by atoms with Crippen molar-refractivity contribution in [2.75, 3.05) is 19.3 Å². The first-order valence-electron chi connectivity index (χ1n) is 7.15. The summed E-state index contributed by atoms with van der Waals surface area (Å²) in [7, 11) is 0. The SMILES string of the molecule is CSC1(CNCC(O)Cn2cc([N+](=O)[O-])cn2)CCCC1. The maximum atomic E-state index is 10.6. The third-order valence-corrected chi connectivity index (χ3v) is 5.42. The van der Waals surface area contributed by atoms with E-state index in [9.17, 15) is 15.2 Å². The molecule has 1 aliphatic carbocycles. The maximum absolute atomic E-state index is 10.6. The molecule has 0 radical (unpaired) electrons. The molecule has 0 aromatic carbocycles. The first-order valence-corrected chi connectivity index (χ1v) is 8.38. The minimum absolute atomic E-state index is 0.0533. The first-order chi connectivity index (χ1) is 10.0. The molecule has 0 spiro atoms. The summed E-state index contributed by atoms with van der Waals surface area (Å²) in [5, 5.41) is 27.7. The number of aliphatic hydroxyl groups is 1. The average molecular weight is 314 g/mol. The minimum Gasteiger partial charge on any atom is -0.390 e. The van der Waals surface area contributed by atoms with Gasteiger partial charge in [0.1, 0.15) is 12.4 Å². The highest BCUT2D eigenvalue weighted by molar-refractivity contribution is 8.00. The van der Waals surface area contributed by atoms with Crippen LogP contribution in [0.3, 0.4) is 0 Å². The van der Waals surface area contributed by atoms with Gasteiger partial charge in [-0.2, -0.15) is 16.9 Å². The second-order valence-corrected chi connectivity index (χ2v) is 6.83. The van der Waals surface area contributed by atoms with Crippen LogP contribution in [0.5, 0.6) is 0 Å². The molecule has 2 N–H and O–H groups in total. The Balaban J connectivity index is 1.74. The van der Waals surface area contributed by atoms with Gasteiger partial charge in [-0.3, -0.25) is 14.8 Å². The van der Waals surface area contributed by atoms with Crippen molar-refractivity contribution in [1.29, 1.82) is 0 Å². The Morgan fingerprint density at radius 1 is 1.62 bits per heavy atom. The van der Waals surface area contributed by atoms with E-state index in [-0.39, 0.29) is 12.2 Å². The zero-order chi connectivity index (χ0) is 15.3. The van der Waals surface area contributed by atoms with E-state index in [2.05, 4.69) is 16.7 Å². The van der Waals surface area contributed by atoms with Gasteiger partial charge in [0.2, 0.25) is 0 Å². The van der Waals surface area contributed by atoms with Crippen molar-refractivity contribution >= 4 is 17.4 Å². The van der Waals surface area contributed by atoms with Crippen LogP contribution in [0.15, 0.2) is 12.4 Å². The molecule has 21 heavy (non-hydrogen) atoms. The molecule has 1 aromatic rings. The summed E-state index contributed by atoms with van der Waals surface area (Å²) in [4.78, 5) is 10.1. The fourth-order valence-electron chi connectivity index (χ4n) is 2.77. The number of nitrogens with one attached hydrogen (secondary N) is 1. The lowest BCUT2D eigenvalue weighted by atomic mass is 10.1. The van der Waals surface area contributed by atoms with Crippen LogP contribution in [0.4, 0.5) is 5.69 Å². The Labute approximate surface area is 128 Å². The van der Waals surface area contributed by atoms with Crippen LogP contribution in [0.2, 0.25) is 0 Å². The molecule has 1 saturated carbocycles. The van der Waals surface area contributed by atoms with E-state index >= 15 is 0 Å². The van der Waals surface area contributed by atoms with E-state index in [0.717, 1.165) is 6.54 Å². The number of thioether (sulfide) groups is 1. The predicted octanol–water partition coefficient (Wildman–Crippen LogP) is 1.42. The third kappa shape index (κ3) is 4.42. The molecule has 1 atom stereocenters. The molecular formula is C13H22N4O3S. The van der Waals surface area contributed by atoms with Crippen molar-refractivity contribution in [1.82, 2.24) is 15.1 Å². The molecule has 0 bridgehead atoms. The van der Waals surface area contributed by atoms with Gasteiger partial charge >= 0.3 is 5.69 Å². The Morgan fingerprint density at radius 2 is 2.33 bits per heavy atom. The Bertz CT molecular complexity index is 474. The van der Waals surface area contributed by atoms with E-state index < -0.39 is 11.0 Å². The normalized spacial score (nSPS) is 18.8. The van der Waals surface area contributed by atoms with Gasteiger partial charge in [-0.05, 0) is 19.1 Å². The van der Waals surface area contributed by atoms with E-state index in [4.69, 9.17) is 0 Å². The molecule has 1 aliphatic rings. The van der Waals surface area contributed by atoms with Gasteiger partial charge in [0, 0.05) is 17.8 Å². The van der Waals surface area contributed by atoms with Gasteiger partial charge < -0.3 is 10.4 Å². The number of hydrogen-bond acceptors (Lipinski definition) is 6. The van der Waals surface area contributed by atoms with Crippen molar-refractivity contribution < 1.29 is 10.0 Å². The quantitative estimate of drug-likeness (QED) is 0.557. The zero-order valence-corrected chi connectivity index (χ0v) is 13.0. The second-order valence-electron chi connectivity index (χ2n) is 5.56. The molecule has 1 fully saturated rings. The highest BCUT2D eigenvalue weighted by Crippen LogP contribution is 2.39. The first kappa shape index (κ1) is 16.3. The highest BCUT2D eigenvalue weighted by atomic mass is 32.2. The molecule has 0 saturated heterocycles. The fraction of sp³-hybridized carbons (Fsp3) is 0.769. The van der Waals surface area contributed by atoms with Crippen molar-refractivity contribution in [3.05, 3.63) is 22.5 Å². The Morgan fingerprint density at radius 3 is 2.90 bits per heavy atom. The number of rotatable bonds is 8. The Kier molecular flexibility index (Phi) is 5.60. The summed E-state index contributed by atoms with van der Waals surface area (Å²) >= 11 is 1.91. The number of aromatic nitrogens is 2. The molecule has 0 amide bonds. The summed E-state index contributed by atoms with van der Waals surface area (Å²) in [6, 6.07) is 0. The van der Waals surface area contributed by atoms with Crippen LogP contribution in [0.25, 0.3) is 0 Å². The second kappa shape index (κ2) is 7.24. The summed E-state index contributed by atoms with van der Waals surface area (Å²) in [6.07, 6.45) is 9.08. The fourth-order valence-corrected chi connectivity index (χ4v) is 3.71. The molecule has 7 nitrogen and oxygen atoms in total. The van der Waals surface area contributed by atoms with E-state index in [1.54, 1.807) is 0 Å². The average Bonchev–Trinajstić information content (AvgIpc) is 3.08. The van der Waals surface area contributed by atoms with Crippen molar-refractivity contribution in [2.24, 2.45) is 0 Å². The van der Waals surface area contributed by atoms with E-state index in [1.807, 2.05) is 11.8 Å². The topological polar surface area (TPSA) is 93.2 Å². The summed E-state index contributed by atoms with van der Waals surface area (Å²) in [5.41, 5.74) is -0.0533.